The van der Waals surface area contributed by atoms with E-state index < -0.39 is 0 Å². The zero-order valence-corrected chi connectivity index (χ0v) is 9.97. The van der Waals surface area contributed by atoms with Gasteiger partial charge in [0.25, 0.3) is 0 Å². The summed E-state index contributed by atoms with van der Waals surface area (Å²) in [4.78, 5) is 11.9. The van der Waals surface area contributed by atoms with Gasteiger partial charge in [-0.25, -0.2) is 0 Å². The first-order valence-corrected chi connectivity index (χ1v) is 6.17. The molecule has 0 spiro atoms. The van der Waals surface area contributed by atoms with Crippen LogP contribution in [0.4, 0.5) is 0 Å². The van der Waals surface area contributed by atoms with Gasteiger partial charge < -0.3 is 5.11 Å². The van der Waals surface area contributed by atoms with Gasteiger partial charge in [-0.1, -0.05) is 42.5 Å². The summed E-state index contributed by atoms with van der Waals surface area (Å²) in [5.41, 5.74) is 2.63. The second-order valence-corrected chi connectivity index (χ2v) is 4.66. The Kier molecular flexibility index (Phi) is 2.63. The van der Waals surface area contributed by atoms with Crippen LogP contribution < -0.4 is 0 Å². The van der Waals surface area contributed by atoms with E-state index in [0.717, 1.165) is 17.5 Å². The monoisotopic (exact) mass is 238 g/mol. The van der Waals surface area contributed by atoms with Crippen molar-refractivity contribution in [2.75, 3.05) is 0 Å². The number of hydrogen-bond donors (Lipinski definition) is 1. The molecule has 18 heavy (non-hydrogen) atoms. The highest BCUT2D eigenvalue weighted by Gasteiger charge is 2.28. The van der Waals surface area contributed by atoms with Crippen LogP contribution in [0, 0.1) is 0 Å². The van der Waals surface area contributed by atoms with Crippen LogP contribution in [-0.4, -0.2) is 10.9 Å². The number of fused-ring (bicyclic) bond motifs is 1. The molecule has 1 N–H and O–H groups in total. The van der Waals surface area contributed by atoms with Gasteiger partial charge in [0.2, 0.25) is 0 Å². The summed E-state index contributed by atoms with van der Waals surface area (Å²) < 4.78 is 0. The number of Topliss-reactive ketones (excluding diaryl/α,β-unsaturated/α-hetero) is 1. The molecule has 0 amide bonds. The van der Waals surface area contributed by atoms with Crippen molar-refractivity contribution in [3.63, 3.8) is 0 Å². The van der Waals surface area contributed by atoms with E-state index in [2.05, 4.69) is 12.1 Å². The molecule has 2 aromatic carbocycles. The molecule has 0 fully saturated rings. The molecular formula is C16H14O2. The quantitative estimate of drug-likeness (QED) is 0.825. The largest absolute Gasteiger partial charge is 0.508 e. The highest BCUT2D eigenvalue weighted by molar-refractivity contribution is 5.99. The second-order valence-electron chi connectivity index (χ2n) is 4.66. The first kappa shape index (κ1) is 11.0. The van der Waals surface area contributed by atoms with Crippen molar-refractivity contribution in [1.29, 1.82) is 0 Å². The van der Waals surface area contributed by atoms with Crippen molar-refractivity contribution in [1.82, 2.24) is 0 Å². The predicted octanol–water partition coefficient (Wildman–Crippen LogP) is 3.50. The molecule has 2 aromatic rings. The molecule has 1 unspecified atom stereocenters. The fraction of sp³-hybridized carbons (Fsp3) is 0.188. The third-order valence-corrected chi connectivity index (χ3v) is 3.59. The van der Waals surface area contributed by atoms with Gasteiger partial charge in [-0.05, 0) is 18.1 Å². The SMILES string of the molecule is O=C1CCC(c2ccccc2)c2c(O)cccc21. The number of ketones is 1. The van der Waals surface area contributed by atoms with E-state index in [1.54, 1.807) is 12.1 Å². The number of hydrogen-bond acceptors (Lipinski definition) is 2. The van der Waals surface area contributed by atoms with Crippen LogP contribution in [0.1, 0.15) is 40.2 Å². The predicted molar refractivity (Wildman–Crippen MR) is 70.0 cm³/mol. The summed E-state index contributed by atoms with van der Waals surface area (Å²) in [7, 11) is 0. The van der Waals surface area contributed by atoms with Crippen LogP contribution in [0.2, 0.25) is 0 Å². The van der Waals surface area contributed by atoms with E-state index in [1.165, 1.54) is 0 Å². The molecule has 3 rings (SSSR count). The fourth-order valence-corrected chi connectivity index (χ4v) is 2.74. The zero-order valence-electron chi connectivity index (χ0n) is 9.97. The second kappa shape index (κ2) is 4.30. The normalized spacial score (nSPS) is 18.4. The van der Waals surface area contributed by atoms with Crippen molar-refractivity contribution in [3.8, 4) is 5.75 Å². The Bertz CT molecular complexity index is 587. The molecule has 0 radical (unpaired) electrons. The minimum Gasteiger partial charge on any atom is -0.508 e. The topological polar surface area (TPSA) is 37.3 Å². The zero-order chi connectivity index (χ0) is 12.5. The molecule has 1 aliphatic carbocycles. The first-order valence-electron chi connectivity index (χ1n) is 6.17. The summed E-state index contributed by atoms with van der Waals surface area (Å²) in [6.07, 6.45) is 1.32. The molecule has 1 aliphatic rings. The lowest BCUT2D eigenvalue weighted by atomic mass is 9.78. The maximum absolute atomic E-state index is 11.9. The Labute approximate surface area is 106 Å². The Morgan fingerprint density at radius 3 is 2.56 bits per heavy atom. The van der Waals surface area contributed by atoms with Crippen LogP contribution in [0.25, 0.3) is 0 Å². The van der Waals surface area contributed by atoms with Gasteiger partial charge in [-0.2, -0.15) is 0 Å². The summed E-state index contributed by atoms with van der Waals surface area (Å²) in [5, 5.41) is 10.1. The van der Waals surface area contributed by atoms with Crippen molar-refractivity contribution in [2.24, 2.45) is 0 Å². The van der Waals surface area contributed by atoms with Crippen LogP contribution in [0.15, 0.2) is 48.5 Å². The van der Waals surface area contributed by atoms with Gasteiger partial charge in [-0.15, -0.1) is 0 Å². The minimum atomic E-state index is 0.125. The Hall–Kier alpha value is -2.09. The summed E-state index contributed by atoms with van der Waals surface area (Å²) in [5.74, 6) is 0.489. The lowest BCUT2D eigenvalue weighted by Gasteiger charge is -2.25. The molecule has 0 aromatic heterocycles. The van der Waals surface area contributed by atoms with E-state index in [9.17, 15) is 9.90 Å². The number of benzene rings is 2. The molecule has 0 saturated carbocycles. The van der Waals surface area contributed by atoms with E-state index in [4.69, 9.17) is 0 Å². The number of rotatable bonds is 1. The molecule has 2 nitrogen and oxygen atoms in total. The van der Waals surface area contributed by atoms with E-state index in [0.29, 0.717) is 12.0 Å². The molecule has 0 bridgehead atoms. The average molecular weight is 238 g/mol. The van der Waals surface area contributed by atoms with Crippen LogP contribution in [-0.2, 0) is 0 Å². The highest BCUT2D eigenvalue weighted by Crippen LogP contribution is 2.41. The number of phenols is 1. The van der Waals surface area contributed by atoms with Gasteiger partial charge in [-0.3, -0.25) is 4.79 Å². The van der Waals surface area contributed by atoms with Crippen molar-refractivity contribution in [3.05, 3.63) is 65.2 Å². The smallest absolute Gasteiger partial charge is 0.163 e. The molecule has 90 valence electrons. The van der Waals surface area contributed by atoms with Crippen LogP contribution in [0.3, 0.4) is 0 Å². The van der Waals surface area contributed by atoms with Crippen molar-refractivity contribution < 1.29 is 9.90 Å². The van der Waals surface area contributed by atoms with Crippen LogP contribution >= 0.6 is 0 Å². The third-order valence-electron chi connectivity index (χ3n) is 3.59. The van der Waals surface area contributed by atoms with Crippen LogP contribution in [0.5, 0.6) is 5.75 Å². The maximum Gasteiger partial charge on any atom is 0.163 e. The lowest BCUT2D eigenvalue weighted by Crippen LogP contribution is -2.16. The molecule has 0 aliphatic heterocycles. The minimum absolute atomic E-state index is 0.125. The summed E-state index contributed by atoms with van der Waals surface area (Å²) in [6, 6.07) is 15.3. The van der Waals surface area contributed by atoms with Crippen molar-refractivity contribution >= 4 is 5.78 Å². The Morgan fingerprint density at radius 2 is 1.78 bits per heavy atom. The Morgan fingerprint density at radius 1 is 1.00 bits per heavy atom. The fourth-order valence-electron chi connectivity index (χ4n) is 2.74. The van der Waals surface area contributed by atoms with Gasteiger partial charge in [0.1, 0.15) is 5.75 Å². The number of carbonyl (C=O) groups is 1. The average Bonchev–Trinajstić information content (AvgIpc) is 2.41. The van der Waals surface area contributed by atoms with Gasteiger partial charge >= 0.3 is 0 Å². The van der Waals surface area contributed by atoms with Crippen molar-refractivity contribution in [2.45, 2.75) is 18.8 Å². The molecule has 0 heterocycles. The van der Waals surface area contributed by atoms with Gasteiger partial charge in [0, 0.05) is 23.5 Å². The molecule has 0 saturated heterocycles. The number of aromatic hydroxyl groups is 1. The molecular weight excluding hydrogens is 224 g/mol. The third kappa shape index (κ3) is 1.70. The van der Waals surface area contributed by atoms with Gasteiger partial charge in [0.05, 0.1) is 0 Å². The molecule has 1 atom stereocenters. The first-order chi connectivity index (χ1) is 8.77. The molecule has 2 heteroatoms. The number of phenolic OH excluding ortho intramolecular Hbond substituents is 1. The summed E-state index contributed by atoms with van der Waals surface area (Å²) >= 11 is 0. The Balaban J connectivity index is 2.16. The van der Waals surface area contributed by atoms with E-state index in [1.807, 2.05) is 24.3 Å². The van der Waals surface area contributed by atoms with Gasteiger partial charge in [0.15, 0.2) is 5.78 Å². The lowest BCUT2D eigenvalue weighted by molar-refractivity contribution is 0.0968. The standard InChI is InChI=1S/C16H14O2/c17-14-10-9-12(11-5-2-1-3-6-11)16-13(14)7-4-8-15(16)18/h1-8,12,18H,9-10H2. The van der Waals surface area contributed by atoms with E-state index >= 15 is 0 Å². The number of carbonyl (C=O) groups excluding carboxylic acids is 1. The maximum atomic E-state index is 11.9. The van der Waals surface area contributed by atoms with E-state index in [-0.39, 0.29) is 17.5 Å². The summed E-state index contributed by atoms with van der Waals surface area (Å²) in [6.45, 7) is 0. The highest BCUT2D eigenvalue weighted by atomic mass is 16.3.